The summed E-state index contributed by atoms with van der Waals surface area (Å²) in [4.78, 5) is 0. The molecule has 0 aromatic rings. The zero-order valence-corrected chi connectivity index (χ0v) is 18.0. The lowest BCUT2D eigenvalue weighted by molar-refractivity contribution is -0.366. The van der Waals surface area contributed by atoms with Gasteiger partial charge < -0.3 is 29.9 Å². The molecule has 1 aliphatic rings. The van der Waals surface area contributed by atoms with Gasteiger partial charge in [0.05, 0.1) is 13.2 Å². The van der Waals surface area contributed by atoms with Gasteiger partial charge in [-0.2, -0.15) is 0 Å². The number of aliphatic hydroxyl groups is 4. The molecule has 0 aromatic carbocycles. The maximum atomic E-state index is 10.6. The van der Waals surface area contributed by atoms with Gasteiger partial charge in [0.15, 0.2) is 5.79 Å². The average Bonchev–Trinajstić information content (AvgIpc) is 2.70. The average molecular weight is 405 g/mol. The van der Waals surface area contributed by atoms with Gasteiger partial charge in [-0.05, 0) is 12.8 Å². The van der Waals surface area contributed by atoms with Gasteiger partial charge in [0.2, 0.25) is 0 Å². The van der Waals surface area contributed by atoms with E-state index in [2.05, 4.69) is 13.8 Å². The number of unbranched alkanes of at least 4 members (excludes halogenated alkanes) is 10. The molecule has 0 radical (unpaired) electrons. The molecule has 6 heteroatoms. The number of hydrogen-bond acceptors (Lipinski definition) is 6. The number of aliphatic hydroxyl groups excluding tert-OH is 4. The highest BCUT2D eigenvalue weighted by molar-refractivity contribution is 4.97. The van der Waals surface area contributed by atoms with Crippen LogP contribution in [0.2, 0.25) is 0 Å². The van der Waals surface area contributed by atoms with Crippen molar-refractivity contribution in [2.75, 3.05) is 13.2 Å². The molecule has 0 saturated carbocycles. The molecule has 0 amide bonds. The molecular weight excluding hydrogens is 360 g/mol. The summed E-state index contributed by atoms with van der Waals surface area (Å²) in [5.41, 5.74) is 0. The van der Waals surface area contributed by atoms with E-state index in [9.17, 15) is 20.4 Å². The molecule has 1 aliphatic heterocycles. The lowest BCUT2D eigenvalue weighted by Gasteiger charge is -2.48. The third-order valence-corrected chi connectivity index (χ3v) is 5.76. The lowest BCUT2D eigenvalue weighted by Crippen LogP contribution is -2.66. The molecule has 4 N–H and O–H groups in total. The molecule has 1 saturated heterocycles. The van der Waals surface area contributed by atoms with Crippen LogP contribution >= 0.6 is 0 Å². The predicted octanol–water partition coefficient (Wildman–Crippen LogP) is 3.28. The highest BCUT2D eigenvalue weighted by Gasteiger charge is 2.53. The molecule has 1 heterocycles. The third-order valence-electron chi connectivity index (χ3n) is 5.76. The maximum absolute atomic E-state index is 10.6. The van der Waals surface area contributed by atoms with Gasteiger partial charge in [0, 0.05) is 6.42 Å². The van der Waals surface area contributed by atoms with E-state index in [1.54, 1.807) is 0 Å². The molecule has 28 heavy (non-hydrogen) atoms. The minimum Gasteiger partial charge on any atom is -0.394 e. The van der Waals surface area contributed by atoms with Crippen LogP contribution in [0.25, 0.3) is 0 Å². The molecule has 1 rings (SSSR count). The first-order valence-corrected chi connectivity index (χ1v) is 11.5. The van der Waals surface area contributed by atoms with Gasteiger partial charge in [-0.25, -0.2) is 0 Å². The summed E-state index contributed by atoms with van der Waals surface area (Å²) >= 11 is 0. The van der Waals surface area contributed by atoms with Crippen LogP contribution in [0.15, 0.2) is 0 Å². The Morgan fingerprint density at radius 2 is 1.29 bits per heavy atom. The van der Waals surface area contributed by atoms with Gasteiger partial charge in [0.1, 0.15) is 24.4 Å². The van der Waals surface area contributed by atoms with Gasteiger partial charge in [-0.1, -0.05) is 78.1 Å². The van der Waals surface area contributed by atoms with Crippen LogP contribution in [0.1, 0.15) is 97.3 Å². The lowest BCUT2D eigenvalue weighted by atomic mass is 9.89. The maximum Gasteiger partial charge on any atom is 0.197 e. The Bertz CT molecular complexity index is 378. The topological polar surface area (TPSA) is 99.4 Å². The van der Waals surface area contributed by atoms with Gasteiger partial charge in [0.25, 0.3) is 0 Å². The van der Waals surface area contributed by atoms with Crippen molar-refractivity contribution in [3.63, 3.8) is 0 Å². The van der Waals surface area contributed by atoms with E-state index < -0.39 is 36.8 Å². The van der Waals surface area contributed by atoms with E-state index >= 15 is 0 Å². The van der Waals surface area contributed by atoms with Crippen molar-refractivity contribution in [2.24, 2.45) is 0 Å². The first-order valence-electron chi connectivity index (χ1n) is 11.5. The van der Waals surface area contributed by atoms with E-state index in [1.807, 2.05) is 0 Å². The molecular formula is C22H44O6. The molecule has 0 spiro atoms. The number of ether oxygens (including phenoxy) is 2. The van der Waals surface area contributed by atoms with Gasteiger partial charge in [-0.15, -0.1) is 0 Å². The predicted molar refractivity (Wildman–Crippen MR) is 110 cm³/mol. The summed E-state index contributed by atoms with van der Waals surface area (Å²) < 4.78 is 11.9. The largest absolute Gasteiger partial charge is 0.394 e. The summed E-state index contributed by atoms with van der Waals surface area (Å²) in [7, 11) is 0. The van der Waals surface area contributed by atoms with Gasteiger partial charge >= 0.3 is 0 Å². The second-order valence-corrected chi connectivity index (χ2v) is 8.21. The molecule has 5 atom stereocenters. The van der Waals surface area contributed by atoms with Crippen LogP contribution in [-0.2, 0) is 9.47 Å². The fourth-order valence-electron chi connectivity index (χ4n) is 3.89. The molecule has 6 nitrogen and oxygen atoms in total. The minimum absolute atomic E-state index is 0.427. The van der Waals surface area contributed by atoms with Crippen molar-refractivity contribution < 1.29 is 29.9 Å². The van der Waals surface area contributed by atoms with Crippen molar-refractivity contribution in [3.8, 4) is 0 Å². The second-order valence-electron chi connectivity index (χ2n) is 8.21. The van der Waals surface area contributed by atoms with Crippen molar-refractivity contribution in [3.05, 3.63) is 0 Å². The zero-order chi connectivity index (χ0) is 20.8. The smallest absolute Gasteiger partial charge is 0.197 e. The van der Waals surface area contributed by atoms with Crippen molar-refractivity contribution in [1.29, 1.82) is 0 Å². The first kappa shape index (κ1) is 25.8. The SMILES string of the molecule is CCCCCCCCOC1(CCCCCCCC)O[C@H](CO)[C@H](O)[C@H](O)[C@H]1O. The molecule has 0 aromatic heterocycles. The fraction of sp³-hybridized carbons (Fsp3) is 1.00. The molecule has 168 valence electrons. The summed E-state index contributed by atoms with van der Waals surface area (Å²) in [6.45, 7) is 4.37. The fourth-order valence-corrected chi connectivity index (χ4v) is 3.89. The third kappa shape index (κ3) is 8.25. The van der Waals surface area contributed by atoms with Crippen LogP contribution in [0, 0.1) is 0 Å². The van der Waals surface area contributed by atoms with E-state index in [4.69, 9.17) is 9.47 Å². The summed E-state index contributed by atoms with van der Waals surface area (Å²) in [5.74, 6) is -1.36. The number of rotatable bonds is 16. The van der Waals surface area contributed by atoms with Crippen LogP contribution in [0.5, 0.6) is 0 Å². The van der Waals surface area contributed by atoms with E-state index in [0.717, 1.165) is 38.5 Å². The summed E-state index contributed by atoms with van der Waals surface area (Å²) in [5, 5.41) is 40.5. The molecule has 0 bridgehead atoms. The second kappa shape index (κ2) is 14.7. The van der Waals surface area contributed by atoms with E-state index in [-0.39, 0.29) is 0 Å². The highest BCUT2D eigenvalue weighted by atomic mass is 16.7. The van der Waals surface area contributed by atoms with E-state index in [1.165, 1.54) is 38.5 Å². The highest BCUT2D eigenvalue weighted by Crippen LogP contribution is 2.36. The molecule has 1 unspecified atom stereocenters. The van der Waals surface area contributed by atoms with Crippen LogP contribution in [0.4, 0.5) is 0 Å². The Morgan fingerprint density at radius 3 is 1.86 bits per heavy atom. The molecule has 0 aliphatic carbocycles. The monoisotopic (exact) mass is 404 g/mol. The van der Waals surface area contributed by atoms with Crippen molar-refractivity contribution in [2.45, 2.75) is 128 Å². The van der Waals surface area contributed by atoms with Gasteiger partial charge in [-0.3, -0.25) is 0 Å². The first-order chi connectivity index (χ1) is 13.5. The molecule has 1 fully saturated rings. The Morgan fingerprint density at radius 1 is 0.750 bits per heavy atom. The Kier molecular flexibility index (Phi) is 13.5. The number of hydrogen-bond donors (Lipinski definition) is 4. The Hall–Kier alpha value is -0.240. The summed E-state index contributed by atoms with van der Waals surface area (Å²) in [6, 6.07) is 0. The summed E-state index contributed by atoms with van der Waals surface area (Å²) in [6.07, 6.45) is 8.70. The zero-order valence-electron chi connectivity index (χ0n) is 18.0. The van der Waals surface area contributed by atoms with Crippen LogP contribution in [-0.4, -0.2) is 63.8 Å². The van der Waals surface area contributed by atoms with Crippen molar-refractivity contribution >= 4 is 0 Å². The minimum atomic E-state index is -1.39. The quantitative estimate of drug-likeness (QED) is 0.295. The van der Waals surface area contributed by atoms with Crippen molar-refractivity contribution in [1.82, 2.24) is 0 Å². The Balaban J connectivity index is 2.60. The standard InChI is InChI=1S/C22H44O6/c1-3-5-7-9-11-13-15-22(27-16-14-12-10-8-6-4-2)21(26)20(25)19(24)18(17-23)28-22/h18-21,23-26H,3-17H2,1-2H3/t18-,19+,20+,21-,22?/m1/s1. The normalized spacial score (nSPS) is 30.6. The van der Waals surface area contributed by atoms with Crippen LogP contribution in [0.3, 0.4) is 0 Å². The van der Waals surface area contributed by atoms with Crippen LogP contribution < -0.4 is 0 Å². The Labute approximate surface area is 171 Å². The van der Waals surface area contributed by atoms with E-state index in [0.29, 0.717) is 13.0 Å².